The highest BCUT2D eigenvalue weighted by molar-refractivity contribution is 5.97. The Morgan fingerprint density at radius 3 is 2.57 bits per heavy atom. The van der Waals surface area contributed by atoms with E-state index in [9.17, 15) is 4.79 Å². The van der Waals surface area contributed by atoms with E-state index in [1.165, 1.54) is 12.0 Å². The van der Waals surface area contributed by atoms with E-state index < -0.39 is 0 Å². The molecule has 76 valence electrons. The van der Waals surface area contributed by atoms with Gasteiger partial charge in [-0.3, -0.25) is 4.79 Å². The van der Waals surface area contributed by atoms with Gasteiger partial charge in [-0.2, -0.15) is 0 Å². The zero-order chi connectivity index (χ0) is 10.7. The number of nitrogen functional groups attached to an aromatic ring is 1. The molecular formula is C10H14N2O2. The van der Waals surface area contributed by atoms with Crippen molar-refractivity contribution in [3.05, 3.63) is 23.8 Å². The highest BCUT2D eigenvalue weighted by Gasteiger charge is 2.13. The van der Waals surface area contributed by atoms with Crippen molar-refractivity contribution in [2.24, 2.45) is 0 Å². The Kier molecular flexibility index (Phi) is 2.96. The van der Waals surface area contributed by atoms with E-state index >= 15 is 0 Å². The molecule has 0 radical (unpaired) electrons. The average Bonchev–Trinajstić information content (AvgIpc) is 2.16. The zero-order valence-corrected chi connectivity index (χ0v) is 8.57. The molecule has 0 atom stereocenters. The molecule has 0 saturated heterocycles. The van der Waals surface area contributed by atoms with Crippen LogP contribution in [0.1, 0.15) is 10.4 Å². The van der Waals surface area contributed by atoms with Crippen LogP contribution < -0.4 is 10.5 Å². The third kappa shape index (κ3) is 1.96. The number of rotatable bonds is 2. The summed E-state index contributed by atoms with van der Waals surface area (Å²) < 4.78 is 5.07. The van der Waals surface area contributed by atoms with Crippen molar-refractivity contribution in [3.63, 3.8) is 0 Å². The molecule has 1 aromatic carbocycles. The van der Waals surface area contributed by atoms with Crippen LogP contribution in [0.2, 0.25) is 0 Å². The van der Waals surface area contributed by atoms with E-state index in [0.29, 0.717) is 17.0 Å². The van der Waals surface area contributed by atoms with Gasteiger partial charge in [0.1, 0.15) is 5.75 Å². The molecule has 0 aliphatic rings. The molecule has 0 bridgehead atoms. The van der Waals surface area contributed by atoms with Gasteiger partial charge < -0.3 is 15.4 Å². The van der Waals surface area contributed by atoms with Gasteiger partial charge in [0.2, 0.25) is 0 Å². The van der Waals surface area contributed by atoms with Crippen LogP contribution in [0.5, 0.6) is 5.75 Å². The van der Waals surface area contributed by atoms with Gasteiger partial charge >= 0.3 is 0 Å². The summed E-state index contributed by atoms with van der Waals surface area (Å²) in [6.07, 6.45) is 0. The summed E-state index contributed by atoms with van der Waals surface area (Å²) in [5.41, 5.74) is 6.63. The van der Waals surface area contributed by atoms with E-state index in [1.54, 1.807) is 32.3 Å². The number of carbonyl (C=O) groups is 1. The van der Waals surface area contributed by atoms with Crippen LogP contribution in [0, 0.1) is 0 Å². The minimum atomic E-state index is -0.117. The van der Waals surface area contributed by atoms with E-state index in [4.69, 9.17) is 10.5 Å². The first-order chi connectivity index (χ1) is 6.56. The van der Waals surface area contributed by atoms with Crippen molar-refractivity contribution in [2.45, 2.75) is 0 Å². The van der Waals surface area contributed by atoms with Crippen molar-refractivity contribution in [2.75, 3.05) is 26.9 Å². The van der Waals surface area contributed by atoms with Crippen molar-refractivity contribution in [3.8, 4) is 5.75 Å². The molecule has 0 spiro atoms. The Morgan fingerprint density at radius 1 is 1.43 bits per heavy atom. The number of hydrogen-bond donors (Lipinski definition) is 1. The van der Waals surface area contributed by atoms with Crippen LogP contribution in [0.3, 0.4) is 0 Å². The second-order valence-corrected chi connectivity index (χ2v) is 3.16. The van der Waals surface area contributed by atoms with Gasteiger partial charge in [-0.15, -0.1) is 0 Å². The van der Waals surface area contributed by atoms with Crippen LogP contribution in [0.4, 0.5) is 5.69 Å². The quantitative estimate of drug-likeness (QED) is 0.714. The largest absolute Gasteiger partial charge is 0.496 e. The molecule has 0 unspecified atom stereocenters. The van der Waals surface area contributed by atoms with Gasteiger partial charge in [0.05, 0.1) is 12.7 Å². The molecule has 4 nitrogen and oxygen atoms in total. The molecule has 0 heterocycles. The number of methoxy groups -OCH3 is 1. The van der Waals surface area contributed by atoms with Crippen LogP contribution in [0.25, 0.3) is 0 Å². The van der Waals surface area contributed by atoms with Gasteiger partial charge in [-0.05, 0) is 18.2 Å². The second kappa shape index (κ2) is 4.00. The summed E-state index contributed by atoms with van der Waals surface area (Å²) in [6, 6.07) is 5.00. The van der Waals surface area contributed by atoms with Crippen molar-refractivity contribution in [1.82, 2.24) is 4.90 Å². The Balaban J connectivity index is 3.17. The lowest BCUT2D eigenvalue weighted by atomic mass is 10.1. The molecule has 14 heavy (non-hydrogen) atoms. The van der Waals surface area contributed by atoms with Crippen LogP contribution >= 0.6 is 0 Å². The lowest BCUT2D eigenvalue weighted by Gasteiger charge is -2.13. The van der Waals surface area contributed by atoms with E-state index in [0.717, 1.165) is 0 Å². The molecule has 4 heteroatoms. The zero-order valence-electron chi connectivity index (χ0n) is 8.57. The van der Waals surface area contributed by atoms with Gasteiger partial charge in [0.15, 0.2) is 0 Å². The Bertz CT molecular complexity index is 348. The molecule has 1 rings (SSSR count). The first-order valence-electron chi connectivity index (χ1n) is 4.21. The Hall–Kier alpha value is -1.71. The molecule has 1 aromatic rings. The smallest absolute Gasteiger partial charge is 0.257 e. The van der Waals surface area contributed by atoms with Gasteiger partial charge in [0.25, 0.3) is 5.91 Å². The van der Waals surface area contributed by atoms with E-state index in [2.05, 4.69) is 0 Å². The standard InChI is InChI=1S/C10H14N2O2/c1-12(2)10(13)8-6-7(11)4-5-9(8)14-3/h4-6H,11H2,1-3H3. The number of carbonyl (C=O) groups excluding carboxylic acids is 1. The highest BCUT2D eigenvalue weighted by atomic mass is 16.5. The van der Waals surface area contributed by atoms with E-state index in [-0.39, 0.29) is 5.91 Å². The summed E-state index contributed by atoms with van der Waals surface area (Å²) in [5, 5.41) is 0. The number of nitrogens with zero attached hydrogens (tertiary/aromatic N) is 1. The summed E-state index contributed by atoms with van der Waals surface area (Å²) in [5.74, 6) is 0.423. The second-order valence-electron chi connectivity index (χ2n) is 3.16. The van der Waals surface area contributed by atoms with Crippen molar-refractivity contribution in [1.29, 1.82) is 0 Å². The maximum absolute atomic E-state index is 11.7. The lowest BCUT2D eigenvalue weighted by Crippen LogP contribution is -2.22. The summed E-state index contributed by atoms with van der Waals surface area (Å²) in [4.78, 5) is 13.2. The summed E-state index contributed by atoms with van der Waals surface area (Å²) in [7, 11) is 4.90. The fourth-order valence-corrected chi connectivity index (χ4v) is 1.13. The van der Waals surface area contributed by atoms with Gasteiger partial charge in [0, 0.05) is 19.8 Å². The minimum Gasteiger partial charge on any atom is -0.496 e. The van der Waals surface area contributed by atoms with Crippen LogP contribution in [-0.4, -0.2) is 32.0 Å². The predicted octanol–water partition coefficient (Wildman–Crippen LogP) is 0.979. The van der Waals surface area contributed by atoms with Gasteiger partial charge in [-0.25, -0.2) is 0 Å². The monoisotopic (exact) mass is 194 g/mol. The first-order valence-corrected chi connectivity index (χ1v) is 4.21. The van der Waals surface area contributed by atoms with Gasteiger partial charge in [-0.1, -0.05) is 0 Å². The summed E-state index contributed by atoms with van der Waals surface area (Å²) in [6.45, 7) is 0. The number of hydrogen-bond acceptors (Lipinski definition) is 3. The Labute approximate surface area is 83.3 Å². The SMILES string of the molecule is COc1ccc(N)cc1C(=O)N(C)C. The molecule has 0 aliphatic carbocycles. The topological polar surface area (TPSA) is 55.6 Å². The minimum absolute atomic E-state index is 0.117. The summed E-state index contributed by atoms with van der Waals surface area (Å²) >= 11 is 0. The molecule has 0 aliphatic heterocycles. The molecule has 2 N–H and O–H groups in total. The predicted molar refractivity (Wildman–Crippen MR) is 55.4 cm³/mol. The number of amides is 1. The third-order valence-electron chi connectivity index (χ3n) is 1.86. The average molecular weight is 194 g/mol. The molecular weight excluding hydrogens is 180 g/mol. The van der Waals surface area contributed by atoms with E-state index in [1.807, 2.05) is 0 Å². The lowest BCUT2D eigenvalue weighted by molar-refractivity contribution is 0.0824. The number of benzene rings is 1. The van der Waals surface area contributed by atoms with Crippen molar-refractivity contribution >= 4 is 11.6 Å². The first kappa shape index (κ1) is 10.4. The third-order valence-corrected chi connectivity index (χ3v) is 1.86. The maximum Gasteiger partial charge on any atom is 0.257 e. The van der Waals surface area contributed by atoms with Crippen LogP contribution in [-0.2, 0) is 0 Å². The normalized spacial score (nSPS) is 9.64. The molecule has 0 saturated carbocycles. The number of nitrogens with two attached hydrogens (primary N) is 1. The molecule has 0 aromatic heterocycles. The fourth-order valence-electron chi connectivity index (χ4n) is 1.13. The molecule has 1 amide bonds. The maximum atomic E-state index is 11.7. The number of ether oxygens (including phenoxy) is 1. The van der Waals surface area contributed by atoms with Crippen LogP contribution in [0.15, 0.2) is 18.2 Å². The number of anilines is 1. The fraction of sp³-hybridized carbons (Fsp3) is 0.300. The molecule has 0 fully saturated rings. The highest BCUT2D eigenvalue weighted by Crippen LogP contribution is 2.21. The Morgan fingerprint density at radius 2 is 2.07 bits per heavy atom. The van der Waals surface area contributed by atoms with Crippen molar-refractivity contribution < 1.29 is 9.53 Å².